The van der Waals surface area contributed by atoms with Gasteiger partial charge in [0.1, 0.15) is 11.5 Å². The molecular formula is C20H24F2N4O3S. The zero-order chi connectivity index (χ0) is 22.2. The number of amides is 1. The molecule has 1 fully saturated rings. The topological polar surface area (TPSA) is 95.4 Å². The Hall–Kier alpha value is -2.62. The molecule has 0 aliphatic carbocycles. The number of aromatic carboxylic acids is 1. The minimum Gasteiger partial charge on any atom is -0.476 e. The average Bonchev–Trinajstić information content (AvgIpc) is 3.27. The molecule has 30 heavy (non-hydrogen) atoms. The predicted octanol–water partition coefficient (Wildman–Crippen LogP) is 4.75. The van der Waals surface area contributed by atoms with Gasteiger partial charge in [0, 0.05) is 34.3 Å². The third-order valence-electron chi connectivity index (χ3n) is 4.87. The number of alkyl halides is 2. The zero-order valence-corrected chi connectivity index (χ0v) is 18.0. The van der Waals surface area contributed by atoms with E-state index in [0.717, 1.165) is 11.3 Å². The number of carbonyl (C=O) groups excluding carboxylic acids is 1. The Kier molecular flexibility index (Phi) is 6.07. The minimum absolute atomic E-state index is 0.00808. The number of nitrogens with one attached hydrogen (secondary N) is 1. The molecule has 0 saturated carbocycles. The van der Waals surface area contributed by atoms with E-state index in [1.165, 1.54) is 22.5 Å². The first-order valence-corrected chi connectivity index (χ1v) is 10.4. The number of likely N-dealkylation sites (tertiary alicyclic amines) is 1. The number of anilines is 1. The van der Waals surface area contributed by atoms with Crippen molar-refractivity contribution >= 4 is 29.0 Å². The van der Waals surface area contributed by atoms with Crippen LogP contribution >= 0.6 is 11.3 Å². The smallest absolute Gasteiger partial charge is 0.365 e. The van der Waals surface area contributed by atoms with Crippen molar-refractivity contribution in [3.05, 3.63) is 39.5 Å². The van der Waals surface area contributed by atoms with E-state index in [9.17, 15) is 18.4 Å². The Labute approximate surface area is 177 Å². The average molecular weight is 439 g/mol. The van der Waals surface area contributed by atoms with Crippen molar-refractivity contribution in [2.75, 3.05) is 5.32 Å². The number of carboxylic acid groups (broad SMARTS) is 1. The molecular weight excluding hydrogens is 414 g/mol. The van der Waals surface area contributed by atoms with Gasteiger partial charge in [-0.05, 0) is 46.6 Å². The van der Waals surface area contributed by atoms with Gasteiger partial charge < -0.3 is 15.3 Å². The van der Waals surface area contributed by atoms with Crippen LogP contribution in [-0.4, -0.2) is 43.4 Å². The van der Waals surface area contributed by atoms with Gasteiger partial charge in [-0.1, -0.05) is 0 Å². The summed E-state index contributed by atoms with van der Waals surface area (Å²) in [5, 5.41) is 13.3. The highest BCUT2D eigenvalue weighted by Crippen LogP contribution is 2.41. The van der Waals surface area contributed by atoms with Crippen molar-refractivity contribution in [2.45, 2.75) is 64.6 Å². The molecule has 1 amide bonds. The van der Waals surface area contributed by atoms with Crippen LogP contribution in [0.1, 0.15) is 84.4 Å². The highest BCUT2D eigenvalue weighted by Gasteiger charge is 2.39. The summed E-state index contributed by atoms with van der Waals surface area (Å²) < 4.78 is 27.8. The molecule has 2 N–H and O–H groups in total. The molecule has 2 unspecified atom stereocenters. The SMILES string of the molecule is CC1CCC(c2cnc(NC(C)(C)C)cc2C(F)F)N1C(=O)c1csc(C(=O)O)n1. The third-order valence-corrected chi connectivity index (χ3v) is 5.71. The molecule has 3 heterocycles. The molecule has 1 aliphatic rings. The number of hydrogen-bond acceptors (Lipinski definition) is 6. The largest absolute Gasteiger partial charge is 0.476 e. The Morgan fingerprint density at radius 2 is 2.03 bits per heavy atom. The summed E-state index contributed by atoms with van der Waals surface area (Å²) in [6.45, 7) is 7.56. The van der Waals surface area contributed by atoms with Crippen LogP contribution in [-0.2, 0) is 0 Å². The van der Waals surface area contributed by atoms with Gasteiger partial charge in [0.25, 0.3) is 12.3 Å². The minimum atomic E-state index is -2.73. The van der Waals surface area contributed by atoms with Gasteiger partial charge in [-0.3, -0.25) is 4.79 Å². The summed E-state index contributed by atoms with van der Waals surface area (Å²) in [7, 11) is 0. The first-order chi connectivity index (χ1) is 14.0. The number of carbonyl (C=O) groups is 2. The van der Waals surface area contributed by atoms with E-state index < -0.39 is 24.3 Å². The van der Waals surface area contributed by atoms with Crippen LogP contribution in [0.25, 0.3) is 0 Å². The molecule has 162 valence electrons. The van der Waals surface area contributed by atoms with Gasteiger partial charge in [0.15, 0.2) is 0 Å². The second kappa shape index (κ2) is 8.25. The van der Waals surface area contributed by atoms with Gasteiger partial charge >= 0.3 is 5.97 Å². The Morgan fingerprint density at radius 3 is 2.60 bits per heavy atom. The maximum Gasteiger partial charge on any atom is 0.365 e. The Bertz CT molecular complexity index is 958. The molecule has 0 radical (unpaired) electrons. The fraction of sp³-hybridized carbons (Fsp3) is 0.500. The van der Waals surface area contributed by atoms with E-state index >= 15 is 0 Å². The van der Waals surface area contributed by atoms with E-state index in [2.05, 4.69) is 15.3 Å². The molecule has 3 rings (SSSR count). The lowest BCUT2D eigenvalue weighted by atomic mass is 10.00. The monoisotopic (exact) mass is 438 g/mol. The maximum atomic E-state index is 13.9. The molecule has 2 aromatic heterocycles. The second-order valence-corrected chi connectivity index (χ2v) is 9.23. The number of halogens is 2. The summed E-state index contributed by atoms with van der Waals surface area (Å²) in [6, 6.07) is 0.556. The normalized spacial score (nSPS) is 19.4. The van der Waals surface area contributed by atoms with Crippen molar-refractivity contribution < 1.29 is 23.5 Å². The van der Waals surface area contributed by atoms with E-state index in [0.29, 0.717) is 24.2 Å². The number of carboxylic acids is 1. The molecule has 0 aromatic carbocycles. The molecule has 2 atom stereocenters. The third kappa shape index (κ3) is 4.58. The van der Waals surface area contributed by atoms with Gasteiger partial charge in [-0.15, -0.1) is 11.3 Å². The van der Waals surface area contributed by atoms with Gasteiger partial charge in [-0.2, -0.15) is 0 Å². The van der Waals surface area contributed by atoms with E-state index in [4.69, 9.17) is 5.11 Å². The Balaban J connectivity index is 1.96. The zero-order valence-electron chi connectivity index (χ0n) is 17.1. The lowest BCUT2D eigenvalue weighted by molar-refractivity contribution is 0.0666. The van der Waals surface area contributed by atoms with Crippen LogP contribution in [0.4, 0.5) is 14.6 Å². The highest BCUT2D eigenvalue weighted by atomic mass is 32.1. The molecule has 1 saturated heterocycles. The summed E-state index contributed by atoms with van der Waals surface area (Å²) in [6.07, 6.45) is -0.176. The van der Waals surface area contributed by atoms with Gasteiger partial charge in [-0.25, -0.2) is 23.5 Å². The predicted molar refractivity (Wildman–Crippen MR) is 109 cm³/mol. The van der Waals surface area contributed by atoms with Gasteiger partial charge in [0.2, 0.25) is 5.01 Å². The fourth-order valence-corrected chi connectivity index (χ4v) is 4.26. The first kappa shape index (κ1) is 22.1. The van der Waals surface area contributed by atoms with Crippen molar-refractivity contribution in [3.63, 3.8) is 0 Å². The van der Waals surface area contributed by atoms with Crippen molar-refractivity contribution in [3.8, 4) is 0 Å². The maximum absolute atomic E-state index is 13.9. The van der Waals surface area contributed by atoms with Gasteiger partial charge in [0.05, 0.1) is 6.04 Å². The summed E-state index contributed by atoms with van der Waals surface area (Å²) in [4.78, 5) is 33.8. The van der Waals surface area contributed by atoms with Crippen LogP contribution in [0.5, 0.6) is 0 Å². The van der Waals surface area contributed by atoms with E-state index in [-0.39, 0.29) is 27.8 Å². The fourth-order valence-electron chi connectivity index (χ4n) is 3.64. The second-order valence-electron chi connectivity index (χ2n) is 8.37. The molecule has 10 heteroatoms. The molecule has 1 aliphatic heterocycles. The number of rotatable bonds is 5. The summed E-state index contributed by atoms with van der Waals surface area (Å²) in [5.41, 5.74) is -0.202. The molecule has 0 spiro atoms. The first-order valence-electron chi connectivity index (χ1n) is 9.55. The summed E-state index contributed by atoms with van der Waals surface area (Å²) in [5.74, 6) is -1.34. The lowest BCUT2D eigenvalue weighted by Crippen LogP contribution is -2.36. The highest BCUT2D eigenvalue weighted by molar-refractivity contribution is 7.11. The Morgan fingerprint density at radius 1 is 1.33 bits per heavy atom. The lowest BCUT2D eigenvalue weighted by Gasteiger charge is -2.30. The van der Waals surface area contributed by atoms with Crippen molar-refractivity contribution in [1.82, 2.24) is 14.9 Å². The van der Waals surface area contributed by atoms with Crippen LogP contribution in [0, 0.1) is 0 Å². The van der Waals surface area contributed by atoms with Crippen LogP contribution in [0.2, 0.25) is 0 Å². The van der Waals surface area contributed by atoms with Crippen LogP contribution in [0.3, 0.4) is 0 Å². The van der Waals surface area contributed by atoms with Crippen molar-refractivity contribution in [1.29, 1.82) is 0 Å². The number of nitrogens with zero attached hydrogens (tertiary/aromatic N) is 3. The van der Waals surface area contributed by atoms with E-state index in [1.54, 1.807) is 0 Å². The van der Waals surface area contributed by atoms with Crippen molar-refractivity contribution in [2.24, 2.45) is 0 Å². The number of pyridine rings is 1. The quantitative estimate of drug-likeness (QED) is 0.699. The molecule has 2 aromatic rings. The molecule has 0 bridgehead atoms. The number of hydrogen-bond donors (Lipinski definition) is 2. The summed E-state index contributed by atoms with van der Waals surface area (Å²) >= 11 is 0.860. The van der Waals surface area contributed by atoms with Crippen LogP contribution in [0.15, 0.2) is 17.6 Å². The van der Waals surface area contributed by atoms with Crippen LogP contribution < -0.4 is 5.32 Å². The standard InChI is InChI=1S/C20H24F2N4O3S/c1-10-5-6-14(26(10)18(27)13-9-30-17(24-13)19(28)29)12-8-23-15(25-20(2,3)4)7-11(12)16(21)22/h7-10,14,16H,5-6H2,1-4H3,(H,23,25)(H,28,29). The van der Waals surface area contributed by atoms with E-state index in [1.807, 2.05) is 27.7 Å². The molecule has 7 nitrogen and oxygen atoms in total. The number of thiazole rings is 1. The number of aromatic nitrogens is 2.